The number of carbonyl (C=O) groups excluding carboxylic acids is 5. The molecule has 12 heteroatoms. The van der Waals surface area contributed by atoms with Gasteiger partial charge >= 0.3 is 5.97 Å². The maximum absolute atomic E-state index is 13.8. The van der Waals surface area contributed by atoms with Crippen LogP contribution in [0.4, 0.5) is 0 Å². The lowest BCUT2D eigenvalue weighted by Crippen LogP contribution is -2.52. The van der Waals surface area contributed by atoms with Crippen molar-refractivity contribution in [3.05, 3.63) is 110 Å². The fourth-order valence-corrected chi connectivity index (χ4v) is 6.89. The summed E-state index contributed by atoms with van der Waals surface area (Å²) in [5.74, 6) is -4.39. The van der Waals surface area contributed by atoms with Gasteiger partial charge in [0.1, 0.15) is 12.3 Å². The lowest BCUT2D eigenvalue weighted by molar-refractivity contribution is -0.154. The minimum Gasteiger partial charge on any atom is -0.423 e. The smallest absolute Gasteiger partial charge is 0.345 e. The summed E-state index contributed by atoms with van der Waals surface area (Å²) < 4.78 is 5.36. The molecule has 43 heavy (non-hydrogen) atoms. The SMILES string of the molecule is O=C(CN(C(=O)c1ccc(Cl)cc1Cl)N1C(=O)[C@@H]2[C@@H](C1=O)[C@H]1C=C[C@H]2C1)c1ccc(OC(=O)c2ccc(Cl)cc2Cl)cc1. The number of amides is 3. The molecular weight excluding hydrogens is 638 g/mol. The second kappa shape index (κ2) is 11.4. The molecule has 1 saturated heterocycles. The number of Topliss-reactive ketones (excluding diaryl/α,β-unsaturated/α-hetero) is 1. The Labute approximate surface area is 265 Å². The van der Waals surface area contributed by atoms with E-state index >= 15 is 0 Å². The van der Waals surface area contributed by atoms with Gasteiger partial charge in [-0.05, 0) is 78.9 Å². The second-order valence-electron chi connectivity index (χ2n) is 10.4. The zero-order chi connectivity index (χ0) is 30.6. The normalized spacial score (nSPS) is 21.7. The Morgan fingerprint density at radius 3 is 1.84 bits per heavy atom. The van der Waals surface area contributed by atoms with E-state index in [0.29, 0.717) is 11.4 Å². The van der Waals surface area contributed by atoms with E-state index in [1.165, 1.54) is 60.7 Å². The monoisotopic (exact) mass is 656 g/mol. The Hall–Kier alpha value is -3.69. The second-order valence-corrected chi connectivity index (χ2v) is 12.1. The first-order chi connectivity index (χ1) is 20.5. The topological polar surface area (TPSA) is 101 Å². The lowest BCUT2D eigenvalue weighted by Gasteiger charge is -2.31. The first kappa shape index (κ1) is 29.4. The van der Waals surface area contributed by atoms with Crippen LogP contribution in [0.1, 0.15) is 37.5 Å². The van der Waals surface area contributed by atoms with Crippen LogP contribution in [-0.2, 0) is 9.59 Å². The number of hydrogen-bond acceptors (Lipinski definition) is 6. The van der Waals surface area contributed by atoms with Crippen LogP contribution in [0.2, 0.25) is 20.1 Å². The van der Waals surface area contributed by atoms with E-state index in [2.05, 4.69) is 0 Å². The number of ketones is 1. The van der Waals surface area contributed by atoms with Crippen molar-refractivity contribution in [1.82, 2.24) is 10.0 Å². The number of esters is 1. The van der Waals surface area contributed by atoms with Crippen LogP contribution in [0, 0.1) is 23.7 Å². The molecule has 2 fully saturated rings. The van der Waals surface area contributed by atoms with Gasteiger partial charge in [0.25, 0.3) is 17.7 Å². The molecule has 218 valence electrons. The van der Waals surface area contributed by atoms with Gasteiger partial charge < -0.3 is 4.74 Å². The Morgan fingerprint density at radius 2 is 1.30 bits per heavy atom. The molecule has 8 nitrogen and oxygen atoms in total. The third-order valence-electron chi connectivity index (χ3n) is 7.92. The first-order valence-corrected chi connectivity index (χ1v) is 14.7. The average Bonchev–Trinajstić information content (AvgIpc) is 3.65. The number of hydrazine groups is 1. The predicted molar refractivity (Wildman–Crippen MR) is 159 cm³/mol. The molecule has 3 aromatic rings. The minimum atomic E-state index is -0.803. The molecule has 3 aromatic carbocycles. The number of allylic oxidation sites excluding steroid dienone is 2. The molecule has 1 saturated carbocycles. The first-order valence-electron chi connectivity index (χ1n) is 13.2. The largest absolute Gasteiger partial charge is 0.423 e. The molecule has 3 aliphatic rings. The van der Waals surface area contributed by atoms with E-state index in [1.807, 2.05) is 12.2 Å². The summed E-state index contributed by atoms with van der Waals surface area (Å²) in [4.78, 5) is 67.0. The third-order valence-corrected chi connectivity index (χ3v) is 9.01. The number of hydrogen-bond donors (Lipinski definition) is 0. The Kier molecular flexibility index (Phi) is 7.81. The molecule has 6 rings (SSSR count). The Morgan fingerprint density at radius 1 is 0.767 bits per heavy atom. The molecular formula is C31H20Cl4N2O6. The van der Waals surface area contributed by atoms with Crippen molar-refractivity contribution in [2.24, 2.45) is 23.7 Å². The quantitative estimate of drug-likeness (QED) is 0.0937. The van der Waals surface area contributed by atoms with Crippen LogP contribution in [0.25, 0.3) is 0 Å². The predicted octanol–water partition coefficient (Wildman–Crippen LogP) is 6.57. The van der Waals surface area contributed by atoms with Gasteiger partial charge in [0.15, 0.2) is 5.78 Å². The van der Waals surface area contributed by atoms with Crippen molar-refractivity contribution in [2.75, 3.05) is 6.54 Å². The summed E-state index contributed by atoms with van der Waals surface area (Å²) in [7, 11) is 0. The molecule has 0 aromatic heterocycles. The minimum absolute atomic E-state index is 0.00272. The molecule has 3 amide bonds. The highest BCUT2D eigenvalue weighted by molar-refractivity contribution is 6.37. The van der Waals surface area contributed by atoms with Crippen molar-refractivity contribution in [3.8, 4) is 5.75 Å². The van der Waals surface area contributed by atoms with Crippen molar-refractivity contribution in [2.45, 2.75) is 6.42 Å². The van der Waals surface area contributed by atoms with E-state index in [1.54, 1.807) is 0 Å². The lowest BCUT2D eigenvalue weighted by atomic mass is 9.85. The van der Waals surface area contributed by atoms with Crippen molar-refractivity contribution < 1.29 is 28.7 Å². The van der Waals surface area contributed by atoms with Gasteiger partial charge in [-0.15, -0.1) is 0 Å². The van der Waals surface area contributed by atoms with Crippen LogP contribution in [-0.4, -0.2) is 46.0 Å². The number of carbonyl (C=O) groups is 5. The highest BCUT2D eigenvalue weighted by Crippen LogP contribution is 2.52. The number of halogens is 4. The number of fused-ring (bicyclic) bond motifs is 5. The van der Waals surface area contributed by atoms with Crippen molar-refractivity contribution in [1.29, 1.82) is 0 Å². The molecule has 4 atom stereocenters. The van der Waals surface area contributed by atoms with Crippen LogP contribution >= 0.6 is 46.4 Å². The molecule has 1 heterocycles. The van der Waals surface area contributed by atoms with E-state index in [0.717, 1.165) is 10.0 Å². The van der Waals surface area contributed by atoms with Gasteiger partial charge in [0.2, 0.25) is 0 Å². The summed E-state index contributed by atoms with van der Waals surface area (Å²) in [5.41, 5.74) is 0.223. The maximum atomic E-state index is 13.8. The average molecular weight is 658 g/mol. The molecule has 1 aliphatic heterocycles. The van der Waals surface area contributed by atoms with E-state index < -0.39 is 47.9 Å². The zero-order valence-corrected chi connectivity index (χ0v) is 25.0. The fraction of sp³-hybridized carbons (Fsp3) is 0.194. The number of ether oxygens (including phenoxy) is 1. The van der Waals surface area contributed by atoms with Crippen molar-refractivity contribution in [3.63, 3.8) is 0 Å². The maximum Gasteiger partial charge on any atom is 0.345 e. The summed E-state index contributed by atoms with van der Waals surface area (Å²) >= 11 is 24.3. The highest BCUT2D eigenvalue weighted by atomic mass is 35.5. The van der Waals surface area contributed by atoms with E-state index in [4.69, 9.17) is 51.1 Å². The van der Waals surface area contributed by atoms with Crippen LogP contribution < -0.4 is 4.74 Å². The standard InChI is InChI=1S/C31H20Cl4N2O6/c32-18-5-9-21(23(34)12-18)28(39)36(37-29(40)26-16-1-2-17(11-16)27(26)30(37)41)14-25(38)15-3-7-20(8-4-15)43-31(42)22-10-6-19(33)13-24(22)35/h1-10,12-13,16-17,26-27H,11,14H2/t16-,17-,26-,27-/m0/s1. The Bertz CT molecular complexity index is 1710. The van der Waals surface area contributed by atoms with Gasteiger partial charge in [-0.25, -0.2) is 9.80 Å². The summed E-state index contributed by atoms with van der Waals surface area (Å²) in [5, 5.41) is 2.43. The molecule has 2 aliphatic carbocycles. The van der Waals surface area contributed by atoms with Crippen LogP contribution in [0.3, 0.4) is 0 Å². The third kappa shape index (κ3) is 5.33. The van der Waals surface area contributed by atoms with Crippen LogP contribution in [0.15, 0.2) is 72.8 Å². The van der Waals surface area contributed by atoms with Gasteiger partial charge in [-0.2, -0.15) is 5.01 Å². The number of imide groups is 1. The van der Waals surface area contributed by atoms with E-state index in [-0.39, 0.29) is 49.3 Å². The number of benzene rings is 3. The molecule has 2 bridgehead atoms. The molecule has 0 spiro atoms. The van der Waals surface area contributed by atoms with Gasteiger partial charge in [-0.1, -0.05) is 58.6 Å². The summed E-state index contributed by atoms with van der Waals surface area (Å²) in [6, 6.07) is 14.1. The zero-order valence-electron chi connectivity index (χ0n) is 22.0. The van der Waals surface area contributed by atoms with Gasteiger partial charge in [0, 0.05) is 15.6 Å². The van der Waals surface area contributed by atoms with Gasteiger partial charge in [0.05, 0.1) is 33.0 Å². The van der Waals surface area contributed by atoms with E-state index in [9.17, 15) is 24.0 Å². The highest BCUT2D eigenvalue weighted by Gasteiger charge is 2.61. The fourth-order valence-electron chi connectivity index (χ4n) is 5.91. The summed E-state index contributed by atoms with van der Waals surface area (Å²) in [6.07, 6.45) is 4.57. The number of nitrogens with zero attached hydrogens (tertiary/aromatic N) is 2. The summed E-state index contributed by atoms with van der Waals surface area (Å²) in [6.45, 7) is -0.628. The molecule has 0 radical (unpaired) electrons. The Balaban J connectivity index is 1.25. The molecule has 0 unspecified atom stereocenters. The van der Waals surface area contributed by atoms with Gasteiger partial charge in [-0.3, -0.25) is 19.2 Å². The molecule has 0 N–H and O–H groups in total. The van der Waals surface area contributed by atoms with Crippen LogP contribution in [0.5, 0.6) is 5.75 Å². The van der Waals surface area contributed by atoms with Crippen molar-refractivity contribution >= 4 is 75.9 Å². The number of rotatable bonds is 7.